The molecule has 1 atom stereocenters. The Labute approximate surface area is 163 Å². The Balaban J connectivity index is 1.50. The maximum absolute atomic E-state index is 12.6. The van der Waals surface area contributed by atoms with E-state index >= 15 is 0 Å². The van der Waals surface area contributed by atoms with Gasteiger partial charge in [-0.2, -0.15) is 5.26 Å². The number of carbonyl (C=O) groups is 2. The molecule has 6 heteroatoms. The molecule has 1 fully saturated rings. The first-order chi connectivity index (χ1) is 13.6. The van der Waals surface area contributed by atoms with E-state index in [4.69, 9.17) is 4.74 Å². The second kappa shape index (κ2) is 7.01. The highest BCUT2D eigenvalue weighted by atomic mass is 16.6. The second-order valence-electron chi connectivity index (χ2n) is 7.33. The van der Waals surface area contributed by atoms with Crippen LogP contribution in [0.5, 0.6) is 0 Å². The lowest BCUT2D eigenvalue weighted by Crippen LogP contribution is -2.49. The number of hydrogen-bond acceptors (Lipinski definition) is 4. The van der Waals surface area contributed by atoms with Crippen molar-refractivity contribution in [3.63, 3.8) is 0 Å². The van der Waals surface area contributed by atoms with E-state index in [-0.39, 0.29) is 25.5 Å². The molecule has 142 valence electrons. The Kier molecular flexibility index (Phi) is 4.52. The average molecular weight is 376 g/mol. The number of amides is 1. The minimum absolute atomic E-state index is 0.0543. The third-order valence-corrected chi connectivity index (χ3v) is 5.71. The Hall–Kier alpha value is -3.33. The predicted octanol–water partition coefficient (Wildman–Crippen LogP) is 3.63. The average Bonchev–Trinajstić information content (AvgIpc) is 3.05. The highest BCUT2D eigenvalue weighted by Crippen LogP contribution is 2.44. The lowest BCUT2D eigenvalue weighted by Gasteiger charge is -2.34. The van der Waals surface area contributed by atoms with Gasteiger partial charge >= 0.3 is 12.1 Å². The van der Waals surface area contributed by atoms with Gasteiger partial charge in [0.05, 0.1) is 12.6 Å². The maximum atomic E-state index is 12.6. The number of fused-ring (bicyclic) bond motifs is 3. The van der Waals surface area contributed by atoms with E-state index in [0.29, 0.717) is 13.0 Å². The van der Waals surface area contributed by atoms with Crippen LogP contribution < -0.4 is 0 Å². The van der Waals surface area contributed by atoms with Gasteiger partial charge in [0.25, 0.3) is 0 Å². The van der Waals surface area contributed by atoms with Crippen LogP contribution in [-0.2, 0) is 9.53 Å². The van der Waals surface area contributed by atoms with Crippen LogP contribution >= 0.6 is 0 Å². The van der Waals surface area contributed by atoms with Gasteiger partial charge in [-0.1, -0.05) is 48.5 Å². The van der Waals surface area contributed by atoms with E-state index in [1.54, 1.807) is 0 Å². The molecule has 28 heavy (non-hydrogen) atoms. The Morgan fingerprint density at radius 1 is 1.14 bits per heavy atom. The summed E-state index contributed by atoms with van der Waals surface area (Å²) in [6.45, 7) is 0.429. The number of likely N-dealkylation sites (tertiary alicyclic amines) is 1. The summed E-state index contributed by atoms with van der Waals surface area (Å²) >= 11 is 0. The fourth-order valence-electron chi connectivity index (χ4n) is 4.21. The van der Waals surface area contributed by atoms with E-state index < -0.39 is 17.5 Å². The molecule has 1 unspecified atom stereocenters. The Bertz CT molecular complexity index is 935. The number of carbonyl (C=O) groups excluding carboxylic acids is 1. The predicted molar refractivity (Wildman–Crippen MR) is 102 cm³/mol. The first-order valence-corrected chi connectivity index (χ1v) is 9.30. The fraction of sp³-hybridized carbons (Fsp3) is 0.318. The molecule has 1 amide bonds. The van der Waals surface area contributed by atoms with Crippen LogP contribution in [0.15, 0.2) is 48.5 Å². The number of aliphatic carboxylic acids is 1. The van der Waals surface area contributed by atoms with Crippen molar-refractivity contribution in [3.8, 4) is 17.2 Å². The SMILES string of the molecule is N#CC1(C(=O)O)CCCN(C(=O)OCC2c3ccccc3-c3ccccc32)C1. The third kappa shape index (κ3) is 2.89. The molecular formula is C22H20N2O4. The Morgan fingerprint density at radius 3 is 2.32 bits per heavy atom. The first-order valence-electron chi connectivity index (χ1n) is 9.30. The smallest absolute Gasteiger partial charge is 0.409 e. The molecule has 0 aromatic heterocycles. The van der Waals surface area contributed by atoms with E-state index in [2.05, 4.69) is 12.1 Å². The molecule has 1 aliphatic carbocycles. The number of nitrogens with zero attached hydrogens (tertiary/aromatic N) is 2. The van der Waals surface area contributed by atoms with Crippen LogP contribution in [0.2, 0.25) is 0 Å². The number of hydrogen-bond donors (Lipinski definition) is 1. The molecule has 1 saturated heterocycles. The van der Waals surface area contributed by atoms with E-state index in [9.17, 15) is 20.0 Å². The van der Waals surface area contributed by atoms with Crippen LogP contribution in [0, 0.1) is 16.7 Å². The van der Waals surface area contributed by atoms with Gasteiger partial charge in [0.15, 0.2) is 5.41 Å². The quantitative estimate of drug-likeness (QED) is 0.883. The molecular weight excluding hydrogens is 356 g/mol. The third-order valence-electron chi connectivity index (χ3n) is 5.71. The van der Waals surface area contributed by atoms with Crippen LogP contribution in [0.3, 0.4) is 0 Å². The Morgan fingerprint density at radius 2 is 1.75 bits per heavy atom. The van der Waals surface area contributed by atoms with Gasteiger partial charge in [0.2, 0.25) is 0 Å². The summed E-state index contributed by atoms with van der Waals surface area (Å²) in [7, 11) is 0. The van der Waals surface area contributed by atoms with Gasteiger partial charge in [0.1, 0.15) is 6.61 Å². The van der Waals surface area contributed by atoms with E-state index in [1.807, 2.05) is 42.5 Å². The van der Waals surface area contributed by atoms with E-state index in [0.717, 1.165) is 22.3 Å². The molecule has 1 aliphatic heterocycles. The van der Waals surface area contributed by atoms with Crippen LogP contribution in [-0.4, -0.2) is 41.8 Å². The highest BCUT2D eigenvalue weighted by molar-refractivity contribution is 5.80. The van der Waals surface area contributed by atoms with Crippen molar-refractivity contribution in [2.24, 2.45) is 5.41 Å². The lowest BCUT2D eigenvalue weighted by molar-refractivity contribution is -0.147. The number of benzene rings is 2. The number of carboxylic acid groups (broad SMARTS) is 1. The zero-order chi connectivity index (χ0) is 19.7. The summed E-state index contributed by atoms with van der Waals surface area (Å²) < 4.78 is 5.58. The summed E-state index contributed by atoms with van der Waals surface area (Å²) in [5.41, 5.74) is 2.97. The monoisotopic (exact) mass is 376 g/mol. The molecule has 0 radical (unpaired) electrons. The number of piperidine rings is 1. The minimum Gasteiger partial charge on any atom is -0.480 e. The van der Waals surface area contributed by atoms with Crippen molar-refractivity contribution >= 4 is 12.1 Å². The zero-order valence-electron chi connectivity index (χ0n) is 15.3. The zero-order valence-corrected chi connectivity index (χ0v) is 15.3. The minimum atomic E-state index is -1.55. The van der Waals surface area contributed by atoms with Crippen molar-refractivity contribution in [1.82, 2.24) is 4.90 Å². The molecule has 0 bridgehead atoms. The number of rotatable bonds is 3. The molecule has 0 saturated carbocycles. The molecule has 2 aromatic rings. The van der Waals surface area contributed by atoms with Gasteiger partial charge in [-0.05, 0) is 35.1 Å². The molecule has 1 heterocycles. The molecule has 4 rings (SSSR count). The summed E-state index contributed by atoms with van der Waals surface area (Å²) in [6.07, 6.45) is 0.137. The van der Waals surface area contributed by atoms with Crippen molar-refractivity contribution in [3.05, 3.63) is 59.7 Å². The summed E-state index contributed by atoms with van der Waals surface area (Å²) in [5.74, 6) is -1.24. The molecule has 2 aliphatic rings. The van der Waals surface area contributed by atoms with Crippen molar-refractivity contribution < 1.29 is 19.4 Å². The van der Waals surface area contributed by atoms with Gasteiger partial charge in [-0.15, -0.1) is 0 Å². The highest BCUT2D eigenvalue weighted by Gasteiger charge is 2.44. The normalized spacial score (nSPS) is 20.8. The van der Waals surface area contributed by atoms with Crippen molar-refractivity contribution in [2.45, 2.75) is 18.8 Å². The molecule has 0 spiro atoms. The van der Waals surface area contributed by atoms with Crippen LogP contribution in [0.25, 0.3) is 11.1 Å². The van der Waals surface area contributed by atoms with Gasteiger partial charge in [0, 0.05) is 12.5 Å². The van der Waals surface area contributed by atoms with Crippen molar-refractivity contribution in [2.75, 3.05) is 19.7 Å². The summed E-state index contributed by atoms with van der Waals surface area (Å²) in [6, 6.07) is 18.0. The van der Waals surface area contributed by atoms with E-state index in [1.165, 1.54) is 4.90 Å². The largest absolute Gasteiger partial charge is 0.480 e. The molecule has 1 N–H and O–H groups in total. The van der Waals surface area contributed by atoms with Gasteiger partial charge < -0.3 is 14.7 Å². The maximum Gasteiger partial charge on any atom is 0.409 e. The number of ether oxygens (including phenoxy) is 1. The lowest BCUT2D eigenvalue weighted by atomic mass is 9.81. The fourth-order valence-corrected chi connectivity index (χ4v) is 4.21. The standard InChI is InChI=1S/C22H20N2O4/c23-13-22(20(25)26)10-5-11-24(14-22)21(27)28-12-19-17-8-3-1-6-15(17)16-7-2-4-9-18(16)19/h1-4,6-9,19H,5,10-12,14H2,(H,25,26). The topological polar surface area (TPSA) is 90.6 Å². The number of carboxylic acids is 1. The van der Waals surface area contributed by atoms with Crippen LogP contribution in [0.1, 0.15) is 29.9 Å². The van der Waals surface area contributed by atoms with Crippen molar-refractivity contribution in [1.29, 1.82) is 5.26 Å². The van der Waals surface area contributed by atoms with Crippen LogP contribution in [0.4, 0.5) is 4.79 Å². The summed E-state index contributed by atoms with van der Waals surface area (Å²) in [4.78, 5) is 25.5. The summed E-state index contributed by atoms with van der Waals surface area (Å²) in [5, 5.41) is 18.7. The van der Waals surface area contributed by atoms with Gasteiger partial charge in [-0.3, -0.25) is 4.79 Å². The molecule has 2 aromatic carbocycles. The molecule has 6 nitrogen and oxygen atoms in total. The van der Waals surface area contributed by atoms with Gasteiger partial charge in [-0.25, -0.2) is 4.79 Å². The number of nitriles is 1. The first kappa shape index (κ1) is 18.1. The second-order valence-corrected chi connectivity index (χ2v) is 7.33.